The molecule has 336 valence electrons. The summed E-state index contributed by atoms with van der Waals surface area (Å²) in [5.74, 6) is -6.03. The fraction of sp³-hybridized carbons (Fsp3) is 0.591. The maximum atomic E-state index is 15.0. The third-order valence-corrected chi connectivity index (χ3v) is 14.2. The van der Waals surface area contributed by atoms with E-state index in [1.54, 1.807) is 40.0 Å². The van der Waals surface area contributed by atoms with Crippen molar-refractivity contribution in [3.8, 4) is 22.2 Å². The van der Waals surface area contributed by atoms with Crippen LogP contribution in [-0.4, -0.2) is 113 Å². The average molecular weight is 898 g/mol. The second kappa shape index (κ2) is 17.2. The maximum absolute atomic E-state index is 15.0. The minimum absolute atomic E-state index is 0.0351. The normalized spacial score (nSPS) is 24.4. The van der Waals surface area contributed by atoms with Gasteiger partial charge in [0, 0.05) is 60.2 Å². The molecule has 4 fully saturated rings. The van der Waals surface area contributed by atoms with E-state index in [1.807, 2.05) is 18.4 Å². The lowest BCUT2D eigenvalue weighted by molar-refractivity contribution is -0.151. The van der Waals surface area contributed by atoms with Crippen LogP contribution >= 0.6 is 11.3 Å². The summed E-state index contributed by atoms with van der Waals surface area (Å²) in [7, 11) is 1.57. The molecule has 2 aliphatic carbocycles. The number of hydrogen-bond donors (Lipinski definition) is 1. The molecule has 14 nitrogen and oxygen atoms in total. The van der Waals surface area contributed by atoms with Gasteiger partial charge in [0.15, 0.2) is 0 Å². The number of fused-ring (bicyclic) bond motifs is 1. The standard InChI is InChI=1S/C44H56F2N6O8S2/c1-9-26-20-44(26,41(56)52(62(57)58)27-11-12-27)49-38(54)33-17-28(21-51(33)40(55)30(42(5,6)7)18-36(53)50-16-10-15-43(45,46)23-50)60-35-19-31(39-48-32(22-61-39)24(2)3)47-37-25(4)34(59-8)14-13-29(35)37/h9,13-14,19,22,24,26-28,30,33H,1,10-12,15-18,20-21,23H2,2-8H3,(H,49,54)(H,57,58)/p-1/t26-,28-,30-,33+,44?/m1/s1. The molecule has 4 aliphatic rings. The van der Waals surface area contributed by atoms with Crippen LogP contribution in [0.3, 0.4) is 0 Å². The Morgan fingerprint density at radius 1 is 1.18 bits per heavy atom. The number of carbonyl (C=O) groups excluding carboxylic acids is 4. The number of benzene rings is 1. The van der Waals surface area contributed by atoms with Crippen molar-refractivity contribution in [1.82, 2.24) is 29.4 Å². The van der Waals surface area contributed by atoms with Crippen molar-refractivity contribution in [2.24, 2.45) is 17.3 Å². The Kier molecular flexibility index (Phi) is 12.6. The van der Waals surface area contributed by atoms with E-state index >= 15 is 0 Å². The molecule has 2 saturated carbocycles. The van der Waals surface area contributed by atoms with Gasteiger partial charge in [-0.2, -0.15) is 0 Å². The number of ether oxygens (including phenoxy) is 2. The van der Waals surface area contributed by atoms with Crippen molar-refractivity contribution in [3.05, 3.63) is 47.5 Å². The Hall–Kier alpha value is -4.55. The van der Waals surface area contributed by atoms with Gasteiger partial charge in [-0.25, -0.2) is 18.7 Å². The highest BCUT2D eigenvalue weighted by atomic mass is 32.2. The molecule has 7 rings (SSSR count). The topological polar surface area (TPSA) is 174 Å². The Morgan fingerprint density at radius 2 is 1.90 bits per heavy atom. The average Bonchev–Trinajstić information content (AvgIpc) is 4.06. The molecule has 4 heterocycles. The lowest BCUT2D eigenvalue weighted by Crippen LogP contribution is -2.58. The number of pyridine rings is 1. The maximum Gasteiger partial charge on any atom is 0.265 e. The van der Waals surface area contributed by atoms with Gasteiger partial charge in [-0.1, -0.05) is 40.7 Å². The van der Waals surface area contributed by atoms with Gasteiger partial charge in [0.05, 0.1) is 48.6 Å². The molecule has 3 aromatic rings. The highest BCUT2D eigenvalue weighted by Crippen LogP contribution is 2.48. The minimum atomic E-state index is -3.04. The van der Waals surface area contributed by atoms with Crippen LogP contribution in [0.25, 0.3) is 21.6 Å². The second-order valence-corrected chi connectivity index (χ2v) is 20.2. The molecule has 2 aliphatic heterocycles. The Balaban J connectivity index is 1.24. The number of likely N-dealkylation sites (tertiary alicyclic amines) is 2. The van der Waals surface area contributed by atoms with Crippen molar-refractivity contribution in [2.45, 2.75) is 122 Å². The molecule has 1 aromatic carbocycles. The SMILES string of the molecule is C=C[C@@H]1CC1(NC(=O)[C@@H]1C[C@@H](Oc2cc(-c3nc(C(C)C)cs3)nc3c(C)c(OC)ccc23)CN1C(=O)[C@@H](CC(=O)N1CCCC(F)(F)C1)C(C)(C)C)C(=O)N(C1CC1)S(=O)[O-]. The van der Waals surface area contributed by atoms with Crippen LogP contribution in [0.15, 0.2) is 36.2 Å². The summed E-state index contributed by atoms with van der Waals surface area (Å²) < 4.78 is 66.7. The molecule has 2 saturated heterocycles. The number of aryl methyl sites for hydroxylation is 1. The lowest BCUT2D eigenvalue weighted by Gasteiger charge is -2.37. The minimum Gasteiger partial charge on any atom is -0.755 e. The summed E-state index contributed by atoms with van der Waals surface area (Å²) in [6, 6.07) is 3.68. The number of thiazole rings is 1. The van der Waals surface area contributed by atoms with Crippen LogP contribution in [0, 0.1) is 24.2 Å². The van der Waals surface area contributed by atoms with Gasteiger partial charge in [-0.15, -0.1) is 17.9 Å². The highest BCUT2D eigenvalue weighted by Gasteiger charge is 2.63. The van der Waals surface area contributed by atoms with Crippen molar-refractivity contribution >= 4 is 57.1 Å². The van der Waals surface area contributed by atoms with Gasteiger partial charge >= 0.3 is 0 Å². The number of nitrogens with one attached hydrogen (secondary N) is 1. The van der Waals surface area contributed by atoms with E-state index in [0.29, 0.717) is 45.9 Å². The molecule has 2 aromatic heterocycles. The van der Waals surface area contributed by atoms with E-state index < -0.39 is 88.3 Å². The first-order valence-corrected chi connectivity index (χ1v) is 23.0. The van der Waals surface area contributed by atoms with Gasteiger partial charge in [0.25, 0.3) is 11.8 Å². The number of rotatable bonds is 14. The van der Waals surface area contributed by atoms with Crippen molar-refractivity contribution in [3.63, 3.8) is 0 Å². The van der Waals surface area contributed by atoms with Crippen LogP contribution in [0.5, 0.6) is 11.5 Å². The number of amides is 4. The summed E-state index contributed by atoms with van der Waals surface area (Å²) in [5.41, 5.74) is 0.375. The molecule has 4 amide bonds. The number of methoxy groups -OCH3 is 1. The van der Waals surface area contributed by atoms with E-state index in [4.69, 9.17) is 19.4 Å². The predicted molar refractivity (Wildman–Crippen MR) is 229 cm³/mol. The van der Waals surface area contributed by atoms with E-state index in [9.17, 15) is 36.7 Å². The first-order valence-electron chi connectivity index (χ1n) is 21.1. The Bertz CT molecular complexity index is 2300. The zero-order chi connectivity index (χ0) is 45.1. The van der Waals surface area contributed by atoms with E-state index in [0.717, 1.165) is 20.5 Å². The molecule has 1 N–H and O–H groups in total. The number of nitrogens with zero attached hydrogens (tertiary/aromatic N) is 5. The predicted octanol–water partition coefficient (Wildman–Crippen LogP) is 6.30. The molecule has 18 heteroatoms. The molecule has 6 atom stereocenters. The third kappa shape index (κ3) is 9.09. The largest absolute Gasteiger partial charge is 0.755 e. The smallest absolute Gasteiger partial charge is 0.265 e. The molecule has 0 bridgehead atoms. The summed E-state index contributed by atoms with van der Waals surface area (Å²) in [5, 5.41) is 6.15. The van der Waals surface area contributed by atoms with Crippen molar-refractivity contribution in [2.75, 3.05) is 26.7 Å². The van der Waals surface area contributed by atoms with Gasteiger partial charge in [0.1, 0.15) is 39.9 Å². The number of hydrogen-bond acceptors (Lipinski definition) is 11. The van der Waals surface area contributed by atoms with Gasteiger partial charge in [-0.05, 0) is 56.1 Å². The second-order valence-electron chi connectivity index (χ2n) is 18.5. The molecule has 0 spiro atoms. The number of alkyl halides is 2. The number of carbonyl (C=O) groups is 4. The van der Waals surface area contributed by atoms with Gasteiger partial charge < -0.3 is 29.1 Å². The molecule has 0 radical (unpaired) electrons. The first kappa shape index (κ1) is 45.5. The van der Waals surface area contributed by atoms with Crippen LogP contribution < -0.4 is 14.8 Å². The highest BCUT2D eigenvalue weighted by molar-refractivity contribution is 7.77. The Morgan fingerprint density at radius 3 is 2.48 bits per heavy atom. The van der Waals surface area contributed by atoms with Crippen LogP contribution in [0.4, 0.5) is 8.78 Å². The fourth-order valence-electron chi connectivity index (χ4n) is 8.66. The number of piperidine rings is 1. The van der Waals surface area contributed by atoms with Crippen LogP contribution in [-0.2, 0) is 30.4 Å². The zero-order valence-electron chi connectivity index (χ0n) is 36.2. The van der Waals surface area contributed by atoms with Gasteiger partial charge in [0.2, 0.25) is 17.7 Å². The molecular weight excluding hydrogens is 843 g/mol. The Labute approximate surface area is 367 Å². The van der Waals surface area contributed by atoms with Crippen LogP contribution in [0.2, 0.25) is 0 Å². The zero-order valence-corrected chi connectivity index (χ0v) is 37.8. The first-order chi connectivity index (χ1) is 29.2. The van der Waals surface area contributed by atoms with Crippen molar-refractivity contribution < 1.29 is 46.2 Å². The molecule has 2 unspecified atom stereocenters. The number of aromatic nitrogens is 2. The van der Waals surface area contributed by atoms with E-state index in [-0.39, 0.29) is 51.1 Å². The lowest BCUT2D eigenvalue weighted by atomic mass is 9.77. The molecular formula is C44H55F2N6O8S2-. The van der Waals surface area contributed by atoms with E-state index in [1.165, 1.54) is 22.3 Å². The van der Waals surface area contributed by atoms with E-state index in [2.05, 4.69) is 25.7 Å². The fourth-order valence-corrected chi connectivity index (χ4v) is 10.4. The summed E-state index contributed by atoms with van der Waals surface area (Å²) >= 11 is -1.44. The van der Waals surface area contributed by atoms with Crippen molar-refractivity contribution in [1.29, 1.82) is 0 Å². The summed E-state index contributed by atoms with van der Waals surface area (Å²) in [4.78, 5) is 69.6. The molecule has 62 heavy (non-hydrogen) atoms. The summed E-state index contributed by atoms with van der Waals surface area (Å²) in [6.07, 6.45) is 1.24. The summed E-state index contributed by atoms with van der Waals surface area (Å²) in [6.45, 7) is 14.4. The monoisotopic (exact) mass is 897 g/mol. The van der Waals surface area contributed by atoms with Crippen LogP contribution in [0.1, 0.15) is 96.7 Å². The third-order valence-electron chi connectivity index (χ3n) is 12.6. The number of halogens is 2. The quantitative estimate of drug-likeness (QED) is 0.143. The van der Waals surface area contributed by atoms with Gasteiger partial charge in [-0.3, -0.25) is 27.7 Å².